The van der Waals surface area contributed by atoms with E-state index in [1.807, 2.05) is 12.3 Å². The van der Waals surface area contributed by atoms with Gasteiger partial charge >= 0.3 is 0 Å². The lowest BCUT2D eigenvalue weighted by Gasteiger charge is -2.44. The summed E-state index contributed by atoms with van der Waals surface area (Å²) in [4.78, 5) is 11.6. The average Bonchev–Trinajstić information content (AvgIpc) is 3.14. The first-order chi connectivity index (χ1) is 10.7. The Hall–Kier alpha value is -2.72. The second-order valence-corrected chi connectivity index (χ2v) is 5.75. The molecule has 1 aliphatic carbocycles. The summed E-state index contributed by atoms with van der Waals surface area (Å²) in [5.41, 5.74) is 2.23. The van der Waals surface area contributed by atoms with Crippen molar-refractivity contribution in [3.63, 3.8) is 0 Å². The molecule has 3 heterocycles. The maximum Gasteiger partial charge on any atom is 0.140 e. The Morgan fingerprint density at radius 1 is 1.45 bits per heavy atom. The number of H-pyrrole nitrogens is 1. The van der Waals surface area contributed by atoms with Gasteiger partial charge in [-0.05, 0) is 18.9 Å². The van der Waals surface area contributed by atoms with Gasteiger partial charge in [-0.25, -0.2) is 9.97 Å². The number of nitriles is 1. The highest BCUT2D eigenvalue weighted by Gasteiger charge is 2.46. The Morgan fingerprint density at radius 3 is 3.09 bits per heavy atom. The van der Waals surface area contributed by atoms with E-state index in [0.29, 0.717) is 19.3 Å². The van der Waals surface area contributed by atoms with Crippen LogP contribution in [-0.4, -0.2) is 35.9 Å². The van der Waals surface area contributed by atoms with Gasteiger partial charge in [0.05, 0.1) is 42.4 Å². The minimum absolute atomic E-state index is 0.342. The molecule has 3 aliphatic rings. The first kappa shape index (κ1) is 13.0. The number of fused-ring (bicyclic) bond motifs is 1. The molecule has 0 atom stereocenters. The number of aliphatic hydroxyl groups is 1. The smallest absolute Gasteiger partial charge is 0.140 e. The standard InChI is InChI=1S/C15H14N6O/c16-3-2-15(5-11(22)6-15)21-8-10(7-20-21)13-12-1-4-17-14(12)19-9-18-13/h1,4,7-9,11,22H,2,5-6H2,(H,17,18,19). The summed E-state index contributed by atoms with van der Waals surface area (Å²) in [6.07, 6.45) is 8.11. The van der Waals surface area contributed by atoms with Crippen molar-refractivity contribution in [3.05, 3.63) is 31.0 Å². The summed E-state index contributed by atoms with van der Waals surface area (Å²) >= 11 is 0. The molecule has 22 heavy (non-hydrogen) atoms. The van der Waals surface area contributed by atoms with Gasteiger partial charge in [-0.15, -0.1) is 0 Å². The van der Waals surface area contributed by atoms with E-state index >= 15 is 0 Å². The van der Waals surface area contributed by atoms with Crippen molar-refractivity contribution in [3.8, 4) is 28.7 Å². The molecular formula is C15H14N6O. The van der Waals surface area contributed by atoms with Crippen LogP contribution in [0.2, 0.25) is 0 Å². The van der Waals surface area contributed by atoms with Gasteiger partial charge in [0.15, 0.2) is 0 Å². The number of nitrogens with zero attached hydrogens (tertiary/aromatic N) is 5. The van der Waals surface area contributed by atoms with E-state index in [1.165, 1.54) is 0 Å². The third kappa shape index (κ3) is 1.81. The van der Waals surface area contributed by atoms with Gasteiger partial charge in [-0.2, -0.15) is 10.4 Å². The van der Waals surface area contributed by atoms with Crippen molar-refractivity contribution in [1.82, 2.24) is 24.7 Å². The molecular weight excluding hydrogens is 280 g/mol. The predicted octanol–water partition coefficient (Wildman–Crippen LogP) is 1.54. The monoisotopic (exact) mass is 294 g/mol. The molecule has 2 aliphatic heterocycles. The van der Waals surface area contributed by atoms with E-state index < -0.39 is 5.54 Å². The van der Waals surface area contributed by atoms with Gasteiger partial charge < -0.3 is 10.1 Å². The van der Waals surface area contributed by atoms with E-state index in [2.05, 4.69) is 26.1 Å². The van der Waals surface area contributed by atoms with Crippen LogP contribution in [-0.2, 0) is 5.54 Å². The summed E-state index contributed by atoms with van der Waals surface area (Å²) in [7, 11) is 0. The van der Waals surface area contributed by atoms with Crippen LogP contribution in [0.1, 0.15) is 19.3 Å². The molecule has 1 aromatic heterocycles. The van der Waals surface area contributed by atoms with E-state index in [0.717, 1.165) is 22.6 Å². The fourth-order valence-corrected chi connectivity index (χ4v) is 3.18. The third-order valence-electron chi connectivity index (χ3n) is 4.33. The van der Waals surface area contributed by atoms with Crippen molar-refractivity contribution >= 4 is 0 Å². The van der Waals surface area contributed by atoms with Crippen LogP contribution < -0.4 is 0 Å². The van der Waals surface area contributed by atoms with Gasteiger partial charge in [-0.1, -0.05) is 0 Å². The van der Waals surface area contributed by atoms with Crippen LogP contribution in [0.3, 0.4) is 0 Å². The topological polar surface area (TPSA) is 103 Å². The predicted molar refractivity (Wildman–Crippen MR) is 77.7 cm³/mol. The van der Waals surface area contributed by atoms with Gasteiger partial charge in [-0.3, -0.25) is 4.68 Å². The lowest BCUT2D eigenvalue weighted by molar-refractivity contribution is -0.0268. The minimum atomic E-state index is -0.392. The zero-order chi connectivity index (χ0) is 15.2. The Morgan fingerprint density at radius 2 is 2.32 bits per heavy atom. The molecule has 0 spiro atoms. The largest absolute Gasteiger partial charge is 0.393 e. The van der Waals surface area contributed by atoms with Crippen molar-refractivity contribution in [2.24, 2.45) is 0 Å². The fourth-order valence-electron chi connectivity index (χ4n) is 3.18. The lowest BCUT2D eigenvalue weighted by Crippen LogP contribution is -2.49. The molecule has 110 valence electrons. The van der Waals surface area contributed by atoms with E-state index in [1.54, 1.807) is 23.4 Å². The maximum absolute atomic E-state index is 9.63. The van der Waals surface area contributed by atoms with Gasteiger partial charge in [0.25, 0.3) is 0 Å². The van der Waals surface area contributed by atoms with Gasteiger partial charge in [0, 0.05) is 23.5 Å². The van der Waals surface area contributed by atoms with Crippen LogP contribution in [0.25, 0.3) is 22.6 Å². The molecule has 4 rings (SSSR count). The van der Waals surface area contributed by atoms with E-state index in [4.69, 9.17) is 5.26 Å². The Balaban J connectivity index is 1.73. The maximum atomic E-state index is 9.63. The second-order valence-electron chi connectivity index (χ2n) is 5.75. The summed E-state index contributed by atoms with van der Waals surface area (Å²) in [6, 6.07) is 4.11. The number of hydrogen-bond acceptors (Lipinski definition) is 5. The highest BCUT2D eigenvalue weighted by atomic mass is 16.3. The van der Waals surface area contributed by atoms with Crippen LogP contribution >= 0.6 is 0 Å². The molecule has 0 saturated heterocycles. The Labute approximate surface area is 126 Å². The van der Waals surface area contributed by atoms with Crippen LogP contribution in [0.4, 0.5) is 0 Å². The highest BCUT2D eigenvalue weighted by Crippen LogP contribution is 2.42. The molecule has 0 aromatic carbocycles. The Bertz CT molecular complexity index is 823. The van der Waals surface area contributed by atoms with Crippen molar-refractivity contribution in [2.75, 3.05) is 0 Å². The molecule has 1 saturated carbocycles. The molecule has 0 amide bonds. The first-order valence-electron chi connectivity index (χ1n) is 7.10. The summed E-state index contributed by atoms with van der Waals surface area (Å²) in [5.74, 6) is 0.781. The van der Waals surface area contributed by atoms with Gasteiger partial charge in [0.1, 0.15) is 5.82 Å². The average molecular weight is 294 g/mol. The number of nitrogens with one attached hydrogen (secondary N) is 1. The summed E-state index contributed by atoms with van der Waals surface area (Å²) in [5, 5.41) is 23.1. The highest BCUT2D eigenvalue weighted by molar-refractivity contribution is 5.77. The zero-order valence-corrected chi connectivity index (χ0v) is 11.8. The molecule has 0 radical (unpaired) electrons. The molecule has 2 N–H and O–H groups in total. The number of rotatable bonds is 3. The molecule has 1 aromatic rings. The second kappa shape index (κ2) is 4.64. The van der Waals surface area contributed by atoms with Crippen molar-refractivity contribution < 1.29 is 5.11 Å². The molecule has 0 unspecified atom stereocenters. The Kier molecular flexibility index (Phi) is 2.74. The molecule has 0 bridgehead atoms. The van der Waals surface area contributed by atoms with E-state index in [9.17, 15) is 5.11 Å². The number of aliphatic hydroxyl groups excluding tert-OH is 1. The number of aromatic amines is 1. The summed E-state index contributed by atoms with van der Waals surface area (Å²) < 4.78 is 1.80. The van der Waals surface area contributed by atoms with Crippen LogP contribution in [0.5, 0.6) is 0 Å². The van der Waals surface area contributed by atoms with Crippen molar-refractivity contribution in [2.45, 2.75) is 30.9 Å². The van der Waals surface area contributed by atoms with E-state index in [-0.39, 0.29) is 6.10 Å². The molecule has 7 heteroatoms. The lowest BCUT2D eigenvalue weighted by atomic mass is 9.72. The quantitative estimate of drug-likeness (QED) is 0.762. The molecule has 1 fully saturated rings. The zero-order valence-electron chi connectivity index (χ0n) is 11.8. The van der Waals surface area contributed by atoms with Crippen LogP contribution in [0.15, 0.2) is 31.0 Å². The minimum Gasteiger partial charge on any atom is -0.393 e. The molecule has 7 nitrogen and oxygen atoms in total. The fraction of sp³-hybridized carbons (Fsp3) is 0.333. The van der Waals surface area contributed by atoms with Gasteiger partial charge in [0.2, 0.25) is 0 Å². The first-order valence-corrected chi connectivity index (χ1v) is 7.10. The summed E-state index contributed by atoms with van der Waals surface area (Å²) in [6.45, 7) is 0. The van der Waals surface area contributed by atoms with Crippen LogP contribution in [0, 0.1) is 11.3 Å². The normalized spacial score (nSPS) is 24.1. The third-order valence-corrected chi connectivity index (χ3v) is 4.33. The number of aromatic nitrogens is 5. The number of hydrogen-bond donors (Lipinski definition) is 2. The SMILES string of the molecule is N#CCC1(n2cc(-c3nc[nH]c4nccc3-4)cn2)CC(O)C1. The van der Waals surface area contributed by atoms with Crippen molar-refractivity contribution in [1.29, 1.82) is 5.26 Å².